The van der Waals surface area contributed by atoms with Crippen molar-refractivity contribution in [2.24, 2.45) is 0 Å². The van der Waals surface area contributed by atoms with E-state index < -0.39 is 0 Å². The highest BCUT2D eigenvalue weighted by molar-refractivity contribution is 5.69. The Morgan fingerprint density at radius 1 is 1.21 bits per heavy atom. The van der Waals surface area contributed by atoms with Crippen LogP contribution in [0.4, 0.5) is 0 Å². The third-order valence-corrected chi connectivity index (χ3v) is 1.37. The molecule has 0 heterocycles. The predicted molar refractivity (Wildman–Crippen MR) is 49.7 cm³/mol. The maximum Gasteiger partial charge on any atom is 0.307 e. The lowest BCUT2D eigenvalue weighted by Gasteiger charge is -2.05. The number of rotatable bonds is 9. The molecule has 0 rings (SSSR count). The van der Waals surface area contributed by atoms with Gasteiger partial charge in [-0.3, -0.25) is 4.79 Å². The minimum Gasteiger partial charge on any atom is -0.438 e. The molecule has 0 radical (unpaired) electrons. The van der Waals surface area contributed by atoms with E-state index in [-0.39, 0.29) is 19.4 Å². The van der Waals surface area contributed by atoms with Gasteiger partial charge in [0.1, 0.15) is 0 Å². The summed E-state index contributed by atoms with van der Waals surface area (Å²) >= 11 is 0. The summed E-state index contributed by atoms with van der Waals surface area (Å²) in [7, 11) is 0. The van der Waals surface area contributed by atoms with Crippen LogP contribution in [0.5, 0.6) is 0 Å². The minimum absolute atomic E-state index is 0.00544. The molecule has 0 saturated carbocycles. The van der Waals surface area contributed by atoms with Gasteiger partial charge in [-0.1, -0.05) is 6.92 Å². The van der Waals surface area contributed by atoms with Crippen LogP contribution < -0.4 is 0 Å². The Kier molecular flexibility index (Phi) is 9.95. The van der Waals surface area contributed by atoms with Crippen LogP contribution in [0, 0.1) is 0 Å². The lowest BCUT2D eigenvalue weighted by molar-refractivity contribution is -0.157. The molecular formula is C9H18O5. The molecule has 0 unspecified atom stereocenters. The van der Waals surface area contributed by atoms with Crippen molar-refractivity contribution >= 4 is 5.97 Å². The maximum absolute atomic E-state index is 10.8. The first-order valence-corrected chi connectivity index (χ1v) is 4.73. The fourth-order valence-corrected chi connectivity index (χ4v) is 0.727. The minimum atomic E-state index is -0.247. The van der Waals surface area contributed by atoms with Gasteiger partial charge in [-0.05, 0) is 6.42 Å². The standard InChI is InChI=1S/C9H18O5/c1-2-3-9(11)14-8-13-7-6-12-5-4-10/h10H,2-8H2,1H3. The first-order chi connectivity index (χ1) is 6.81. The largest absolute Gasteiger partial charge is 0.438 e. The number of hydrogen-bond acceptors (Lipinski definition) is 5. The molecule has 0 spiro atoms. The van der Waals surface area contributed by atoms with E-state index in [4.69, 9.17) is 19.3 Å². The molecule has 0 aromatic heterocycles. The highest BCUT2D eigenvalue weighted by atomic mass is 16.7. The molecule has 0 aromatic rings. The van der Waals surface area contributed by atoms with Crippen molar-refractivity contribution in [3.63, 3.8) is 0 Å². The van der Waals surface area contributed by atoms with E-state index in [1.165, 1.54) is 0 Å². The molecule has 1 N–H and O–H groups in total. The second-order valence-electron chi connectivity index (χ2n) is 2.63. The maximum atomic E-state index is 10.8. The van der Waals surface area contributed by atoms with Crippen LogP contribution in [-0.2, 0) is 19.0 Å². The highest BCUT2D eigenvalue weighted by Crippen LogP contribution is 1.91. The summed E-state index contributed by atoms with van der Waals surface area (Å²) in [6, 6.07) is 0. The Balaban J connectivity index is 3.01. The lowest BCUT2D eigenvalue weighted by atomic mass is 10.3. The van der Waals surface area contributed by atoms with Gasteiger partial charge in [0.15, 0.2) is 6.79 Å². The van der Waals surface area contributed by atoms with Gasteiger partial charge in [0.25, 0.3) is 0 Å². The van der Waals surface area contributed by atoms with E-state index >= 15 is 0 Å². The molecule has 0 aliphatic heterocycles. The van der Waals surface area contributed by atoms with Gasteiger partial charge in [-0.15, -0.1) is 0 Å². The van der Waals surface area contributed by atoms with Crippen molar-refractivity contribution in [2.75, 3.05) is 33.2 Å². The van der Waals surface area contributed by atoms with Crippen molar-refractivity contribution < 1.29 is 24.1 Å². The number of esters is 1. The van der Waals surface area contributed by atoms with Gasteiger partial charge < -0.3 is 19.3 Å². The molecule has 14 heavy (non-hydrogen) atoms. The van der Waals surface area contributed by atoms with E-state index in [2.05, 4.69) is 0 Å². The zero-order valence-corrected chi connectivity index (χ0v) is 8.53. The molecule has 0 atom stereocenters. The summed E-state index contributed by atoms with van der Waals surface area (Å²) < 4.78 is 14.6. The van der Waals surface area contributed by atoms with Crippen LogP contribution in [0.15, 0.2) is 0 Å². The fraction of sp³-hybridized carbons (Fsp3) is 0.889. The lowest BCUT2D eigenvalue weighted by Crippen LogP contribution is -2.12. The monoisotopic (exact) mass is 206 g/mol. The van der Waals surface area contributed by atoms with E-state index in [1.54, 1.807) is 0 Å². The van der Waals surface area contributed by atoms with Crippen LogP contribution in [0.2, 0.25) is 0 Å². The van der Waals surface area contributed by atoms with Crippen molar-refractivity contribution in [3.05, 3.63) is 0 Å². The van der Waals surface area contributed by atoms with Gasteiger partial charge in [-0.25, -0.2) is 0 Å². The van der Waals surface area contributed by atoms with Crippen molar-refractivity contribution in [3.8, 4) is 0 Å². The first-order valence-electron chi connectivity index (χ1n) is 4.73. The number of aliphatic hydroxyl groups excluding tert-OH is 1. The number of carbonyl (C=O) groups excluding carboxylic acids is 1. The normalized spacial score (nSPS) is 10.1. The van der Waals surface area contributed by atoms with Crippen LogP contribution >= 0.6 is 0 Å². The number of ether oxygens (including phenoxy) is 3. The van der Waals surface area contributed by atoms with Crippen molar-refractivity contribution in [1.29, 1.82) is 0 Å². The predicted octanol–water partition coefficient (Wildman–Crippen LogP) is 0.313. The summed E-state index contributed by atoms with van der Waals surface area (Å²) in [6.07, 6.45) is 1.20. The molecular weight excluding hydrogens is 188 g/mol. The second-order valence-corrected chi connectivity index (χ2v) is 2.63. The Labute approximate surface area is 84.0 Å². The quantitative estimate of drug-likeness (QED) is 0.334. The highest BCUT2D eigenvalue weighted by Gasteiger charge is 1.99. The molecule has 0 bridgehead atoms. The zero-order valence-electron chi connectivity index (χ0n) is 8.53. The Hall–Kier alpha value is -0.650. The topological polar surface area (TPSA) is 65.0 Å². The average molecular weight is 206 g/mol. The van der Waals surface area contributed by atoms with Gasteiger partial charge in [-0.2, -0.15) is 0 Å². The molecule has 0 aromatic carbocycles. The summed E-state index contributed by atoms with van der Waals surface area (Å²) in [4.78, 5) is 10.8. The summed E-state index contributed by atoms with van der Waals surface area (Å²) in [5, 5.41) is 8.37. The van der Waals surface area contributed by atoms with E-state index in [9.17, 15) is 4.79 Å². The number of carbonyl (C=O) groups is 1. The first kappa shape index (κ1) is 13.4. The van der Waals surface area contributed by atoms with Crippen LogP contribution in [0.3, 0.4) is 0 Å². The number of hydrogen-bond donors (Lipinski definition) is 1. The summed E-state index contributed by atoms with van der Waals surface area (Å²) in [5.41, 5.74) is 0. The smallest absolute Gasteiger partial charge is 0.307 e. The molecule has 84 valence electrons. The second kappa shape index (κ2) is 10.4. The molecule has 0 aliphatic carbocycles. The Bertz CT molecular complexity index is 137. The molecule has 5 nitrogen and oxygen atoms in total. The van der Waals surface area contributed by atoms with E-state index in [1.807, 2.05) is 6.92 Å². The van der Waals surface area contributed by atoms with Crippen LogP contribution in [0.1, 0.15) is 19.8 Å². The molecule has 0 amide bonds. The zero-order chi connectivity index (χ0) is 10.6. The molecule has 0 fully saturated rings. The van der Waals surface area contributed by atoms with Crippen LogP contribution in [-0.4, -0.2) is 44.3 Å². The van der Waals surface area contributed by atoms with Gasteiger partial charge >= 0.3 is 5.97 Å². The van der Waals surface area contributed by atoms with Crippen molar-refractivity contribution in [2.45, 2.75) is 19.8 Å². The molecule has 5 heteroatoms. The Morgan fingerprint density at radius 2 is 1.93 bits per heavy atom. The molecule has 0 aliphatic rings. The fourth-order valence-electron chi connectivity index (χ4n) is 0.727. The van der Waals surface area contributed by atoms with Gasteiger partial charge in [0.2, 0.25) is 0 Å². The summed E-state index contributed by atoms with van der Waals surface area (Å²) in [6.45, 7) is 2.95. The third-order valence-electron chi connectivity index (χ3n) is 1.37. The van der Waals surface area contributed by atoms with Gasteiger partial charge in [0.05, 0.1) is 26.4 Å². The van der Waals surface area contributed by atoms with E-state index in [0.29, 0.717) is 26.2 Å². The van der Waals surface area contributed by atoms with Crippen molar-refractivity contribution in [1.82, 2.24) is 0 Å². The third kappa shape index (κ3) is 9.44. The van der Waals surface area contributed by atoms with Crippen LogP contribution in [0.25, 0.3) is 0 Å². The summed E-state index contributed by atoms with van der Waals surface area (Å²) in [5.74, 6) is -0.247. The average Bonchev–Trinajstić information content (AvgIpc) is 2.17. The molecule has 0 saturated heterocycles. The number of aliphatic hydroxyl groups is 1. The Morgan fingerprint density at radius 3 is 2.57 bits per heavy atom. The van der Waals surface area contributed by atoms with E-state index in [0.717, 1.165) is 6.42 Å². The SMILES string of the molecule is CCCC(=O)OCOCCOCCO. The van der Waals surface area contributed by atoms with Gasteiger partial charge in [0, 0.05) is 6.42 Å².